The minimum absolute atomic E-state index is 0.223. The fourth-order valence-corrected chi connectivity index (χ4v) is 5.42. The highest BCUT2D eigenvalue weighted by Gasteiger charge is 2.38. The smallest absolute Gasteiger partial charge is 0.191 e. The predicted octanol–water partition coefficient (Wildman–Crippen LogP) is 3.51. The van der Waals surface area contributed by atoms with E-state index in [2.05, 4.69) is 50.2 Å². The number of ether oxygens (including phenoxy) is 1. The average Bonchev–Trinajstić information content (AvgIpc) is 3.30. The Bertz CT molecular complexity index is 810. The van der Waals surface area contributed by atoms with Gasteiger partial charge in [0, 0.05) is 43.2 Å². The highest BCUT2D eigenvalue weighted by molar-refractivity contribution is 7.13. The number of nitrogens with one attached hydrogen (secondary N) is 2. The number of thiazole rings is 1. The zero-order chi connectivity index (χ0) is 20.7. The molecule has 1 aromatic heterocycles. The Hall–Kier alpha value is -1.96. The summed E-state index contributed by atoms with van der Waals surface area (Å²) in [5.41, 5.74) is 2.43. The minimum atomic E-state index is 0.223. The second kappa shape index (κ2) is 10.4. The number of benzene rings is 1. The van der Waals surface area contributed by atoms with Crippen LogP contribution in [0.1, 0.15) is 37.8 Å². The van der Waals surface area contributed by atoms with E-state index in [1.54, 1.807) is 11.3 Å². The molecule has 1 saturated carbocycles. The summed E-state index contributed by atoms with van der Waals surface area (Å²) in [6.45, 7) is 5.38. The summed E-state index contributed by atoms with van der Waals surface area (Å²) in [7, 11) is 1.84. The van der Waals surface area contributed by atoms with Gasteiger partial charge in [-0.05, 0) is 12.8 Å². The van der Waals surface area contributed by atoms with Gasteiger partial charge < -0.3 is 15.4 Å². The third-order valence-corrected chi connectivity index (χ3v) is 7.22. The molecule has 1 saturated heterocycles. The monoisotopic (exact) mass is 427 g/mol. The van der Waals surface area contributed by atoms with Gasteiger partial charge in [0.1, 0.15) is 5.01 Å². The summed E-state index contributed by atoms with van der Waals surface area (Å²) in [6, 6.07) is 10.3. The number of aliphatic imine (C=N–C) groups is 1. The fraction of sp³-hybridized carbons (Fsp3) is 0.565. The molecule has 1 aliphatic heterocycles. The van der Waals surface area contributed by atoms with Gasteiger partial charge in [-0.3, -0.25) is 9.89 Å². The molecule has 2 fully saturated rings. The first kappa shape index (κ1) is 21.3. The number of guanidine groups is 1. The Morgan fingerprint density at radius 2 is 1.90 bits per heavy atom. The molecule has 1 aliphatic carbocycles. The third-order valence-electron chi connectivity index (χ3n) is 6.28. The lowest BCUT2D eigenvalue weighted by Crippen LogP contribution is -2.60. The van der Waals surface area contributed by atoms with E-state index in [0.29, 0.717) is 6.54 Å². The van der Waals surface area contributed by atoms with E-state index in [0.717, 1.165) is 49.5 Å². The summed E-state index contributed by atoms with van der Waals surface area (Å²) in [6.07, 6.45) is 6.48. The van der Waals surface area contributed by atoms with Gasteiger partial charge in [-0.15, -0.1) is 11.3 Å². The second-order valence-corrected chi connectivity index (χ2v) is 9.03. The standard InChI is InChI=1S/C23H33N5OS/c1-24-22(25-16-20-17-30-21(27-20)19-8-4-2-5-9-19)26-18-23(10-6-3-7-11-23)28-12-14-29-15-13-28/h2,4-5,8-9,17H,3,6-7,10-16,18H2,1H3,(H2,24,25,26). The summed E-state index contributed by atoms with van der Waals surface area (Å²) in [5, 5.41) is 10.3. The van der Waals surface area contributed by atoms with Crippen LogP contribution in [-0.4, -0.2) is 61.3 Å². The Kier molecular flexibility index (Phi) is 7.36. The quantitative estimate of drug-likeness (QED) is 0.546. The summed E-state index contributed by atoms with van der Waals surface area (Å²) < 4.78 is 5.60. The van der Waals surface area contributed by atoms with Crippen LogP contribution in [0, 0.1) is 0 Å². The van der Waals surface area contributed by atoms with Gasteiger partial charge >= 0.3 is 0 Å². The number of hydrogen-bond acceptors (Lipinski definition) is 5. The van der Waals surface area contributed by atoms with Gasteiger partial charge in [0.2, 0.25) is 0 Å². The molecule has 7 heteroatoms. The lowest BCUT2D eigenvalue weighted by Gasteiger charge is -2.48. The van der Waals surface area contributed by atoms with Gasteiger partial charge in [-0.1, -0.05) is 49.6 Å². The SMILES string of the molecule is CN=C(NCc1csc(-c2ccccc2)n1)NCC1(N2CCOCC2)CCCCC1. The third kappa shape index (κ3) is 5.20. The largest absolute Gasteiger partial charge is 0.379 e. The molecule has 0 radical (unpaired) electrons. The van der Waals surface area contributed by atoms with Crippen molar-refractivity contribution in [3.8, 4) is 10.6 Å². The molecule has 6 nitrogen and oxygen atoms in total. The lowest BCUT2D eigenvalue weighted by atomic mass is 9.80. The van der Waals surface area contributed by atoms with E-state index in [-0.39, 0.29) is 5.54 Å². The van der Waals surface area contributed by atoms with Gasteiger partial charge in [0.25, 0.3) is 0 Å². The molecule has 0 unspecified atom stereocenters. The second-order valence-electron chi connectivity index (χ2n) is 8.17. The van der Waals surface area contributed by atoms with Crippen molar-refractivity contribution in [2.24, 2.45) is 4.99 Å². The molecule has 1 aromatic carbocycles. The van der Waals surface area contributed by atoms with E-state index in [9.17, 15) is 0 Å². The maximum Gasteiger partial charge on any atom is 0.191 e. The normalized spacial score (nSPS) is 20.1. The van der Waals surface area contributed by atoms with Crippen LogP contribution in [-0.2, 0) is 11.3 Å². The van der Waals surface area contributed by atoms with E-state index in [4.69, 9.17) is 9.72 Å². The molecule has 2 aromatic rings. The van der Waals surface area contributed by atoms with E-state index >= 15 is 0 Å². The van der Waals surface area contributed by atoms with Crippen molar-refractivity contribution in [3.63, 3.8) is 0 Å². The van der Waals surface area contributed by atoms with Crippen molar-refractivity contribution < 1.29 is 4.74 Å². The summed E-state index contributed by atoms with van der Waals surface area (Å²) in [5.74, 6) is 0.850. The molecular weight excluding hydrogens is 394 g/mol. The zero-order valence-corrected chi connectivity index (χ0v) is 18.7. The number of morpholine rings is 1. The highest BCUT2D eigenvalue weighted by Crippen LogP contribution is 2.33. The van der Waals surface area contributed by atoms with Crippen molar-refractivity contribution in [2.75, 3.05) is 39.9 Å². The molecular formula is C23H33N5OS. The number of nitrogens with zero attached hydrogens (tertiary/aromatic N) is 3. The van der Waals surface area contributed by atoms with Crippen molar-refractivity contribution in [1.29, 1.82) is 0 Å². The van der Waals surface area contributed by atoms with Crippen molar-refractivity contribution in [3.05, 3.63) is 41.4 Å². The maximum atomic E-state index is 5.60. The first-order valence-corrected chi connectivity index (χ1v) is 11.9. The molecule has 0 spiro atoms. The van der Waals surface area contributed by atoms with E-state index < -0.39 is 0 Å². The van der Waals surface area contributed by atoms with Crippen LogP contribution in [0.15, 0.2) is 40.7 Å². The molecule has 4 rings (SSSR count). The maximum absolute atomic E-state index is 5.60. The molecule has 162 valence electrons. The predicted molar refractivity (Wildman–Crippen MR) is 124 cm³/mol. The topological polar surface area (TPSA) is 61.8 Å². The van der Waals surface area contributed by atoms with Crippen LogP contribution in [0.2, 0.25) is 0 Å². The fourth-order valence-electron chi connectivity index (χ4n) is 4.60. The Labute approximate surface area is 183 Å². The minimum Gasteiger partial charge on any atom is -0.379 e. The van der Waals surface area contributed by atoms with Crippen LogP contribution in [0.4, 0.5) is 0 Å². The number of aromatic nitrogens is 1. The Morgan fingerprint density at radius 3 is 2.63 bits per heavy atom. The van der Waals surface area contributed by atoms with Gasteiger partial charge in [0.05, 0.1) is 25.5 Å². The highest BCUT2D eigenvalue weighted by atomic mass is 32.1. The van der Waals surface area contributed by atoms with Gasteiger partial charge in [0.15, 0.2) is 5.96 Å². The van der Waals surface area contributed by atoms with Crippen molar-refractivity contribution >= 4 is 17.3 Å². The molecule has 2 aliphatic rings. The van der Waals surface area contributed by atoms with Crippen molar-refractivity contribution in [2.45, 2.75) is 44.2 Å². The molecule has 0 bridgehead atoms. The first-order chi connectivity index (χ1) is 14.8. The van der Waals surface area contributed by atoms with Crippen LogP contribution < -0.4 is 10.6 Å². The van der Waals surface area contributed by atoms with Crippen LogP contribution in [0.5, 0.6) is 0 Å². The van der Waals surface area contributed by atoms with E-state index in [1.807, 2.05) is 13.1 Å². The number of rotatable bonds is 6. The van der Waals surface area contributed by atoms with Gasteiger partial charge in [-0.2, -0.15) is 0 Å². The molecule has 0 amide bonds. The van der Waals surface area contributed by atoms with E-state index in [1.165, 1.54) is 37.7 Å². The number of hydrogen-bond donors (Lipinski definition) is 2. The van der Waals surface area contributed by atoms with Gasteiger partial charge in [-0.25, -0.2) is 4.98 Å². The summed E-state index contributed by atoms with van der Waals surface area (Å²) >= 11 is 1.69. The molecule has 0 atom stereocenters. The Morgan fingerprint density at radius 1 is 1.13 bits per heavy atom. The van der Waals surface area contributed by atoms with Crippen molar-refractivity contribution in [1.82, 2.24) is 20.5 Å². The van der Waals surface area contributed by atoms with Crippen LogP contribution >= 0.6 is 11.3 Å². The average molecular weight is 428 g/mol. The molecule has 2 heterocycles. The first-order valence-electron chi connectivity index (χ1n) is 11.1. The molecule has 30 heavy (non-hydrogen) atoms. The zero-order valence-electron chi connectivity index (χ0n) is 17.9. The van der Waals surface area contributed by atoms with Crippen LogP contribution in [0.25, 0.3) is 10.6 Å². The lowest BCUT2D eigenvalue weighted by molar-refractivity contribution is -0.0352. The Balaban J connectivity index is 1.33. The molecule has 2 N–H and O–H groups in total. The van der Waals surface area contributed by atoms with Crippen LogP contribution in [0.3, 0.4) is 0 Å². The summed E-state index contributed by atoms with van der Waals surface area (Å²) in [4.78, 5) is 11.9.